The molecule has 0 bridgehead atoms. The van der Waals surface area contributed by atoms with Crippen LogP contribution in [0.15, 0.2) is 78.5 Å². The first-order valence-electron chi connectivity index (χ1n) is 15.5. The smallest absolute Gasteiger partial charge is 0.318 e. The number of halogens is 2. The first-order chi connectivity index (χ1) is 21.7. The summed E-state index contributed by atoms with van der Waals surface area (Å²) in [6.45, 7) is 2.37. The van der Waals surface area contributed by atoms with E-state index in [1.54, 1.807) is 17.0 Å². The number of hydrogen-bond donors (Lipinski definition) is 2. The number of carbonyl (C=O) groups excluding carboxylic acids is 2. The van der Waals surface area contributed by atoms with E-state index < -0.39 is 6.04 Å². The number of amides is 3. The summed E-state index contributed by atoms with van der Waals surface area (Å²) in [5.41, 5.74) is 5.50. The number of nitrogens with one attached hydrogen (secondary N) is 2. The van der Waals surface area contributed by atoms with E-state index in [0.29, 0.717) is 49.5 Å². The third-order valence-electron chi connectivity index (χ3n) is 8.82. The minimum absolute atomic E-state index is 0.141. The second-order valence-electron chi connectivity index (χ2n) is 12.4. The molecule has 234 valence electrons. The monoisotopic (exact) mass is 627 g/mol. The lowest BCUT2D eigenvalue weighted by Crippen LogP contribution is -2.56. The largest absolute Gasteiger partial charge is 0.361 e. The van der Waals surface area contributed by atoms with E-state index in [-0.39, 0.29) is 23.7 Å². The average molecular weight is 628 g/mol. The van der Waals surface area contributed by atoms with Crippen LogP contribution < -0.4 is 10.2 Å². The number of aromatic nitrogens is 1. The van der Waals surface area contributed by atoms with Crippen LogP contribution in [0.2, 0.25) is 5.02 Å². The third-order valence-corrected chi connectivity index (χ3v) is 9.06. The summed E-state index contributed by atoms with van der Waals surface area (Å²) in [7, 11) is 4.07. The Morgan fingerprint density at radius 1 is 1.09 bits per heavy atom. The SMILES string of the molecule is CN(C)C[C@H]1Cc2cc(Cl)ccc2N(C(=O)[C@@H](Cc2c[nH]c3ccccc23)NC(=O)N2CCC(=Cc3ccccc3F)CC2)C1. The molecule has 2 atom stereocenters. The second kappa shape index (κ2) is 13.5. The lowest BCUT2D eigenvalue weighted by Gasteiger charge is -2.38. The third kappa shape index (κ3) is 7.08. The first-order valence-corrected chi connectivity index (χ1v) is 15.9. The summed E-state index contributed by atoms with van der Waals surface area (Å²) < 4.78 is 14.2. The fourth-order valence-electron chi connectivity index (χ4n) is 6.66. The molecule has 0 radical (unpaired) electrons. The van der Waals surface area contributed by atoms with Crippen molar-refractivity contribution in [3.8, 4) is 0 Å². The second-order valence-corrected chi connectivity index (χ2v) is 12.9. The van der Waals surface area contributed by atoms with Gasteiger partial charge in [0.2, 0.25) is 5.91 Å². The van der Waals surface area contributed by atoms with Crippen molar-refractivity contribution in [2.75, 3.05) is 45.2 Å². The summed E-state index contributed by atoms with van der Waals surface area (Å²) >= 11 is 6.39. The summed E-state index contributed by atoms with van der Waals surface area (Å²) in [5.74, 6) is -0.169. The van der Waals surface area contributed by atoms with Crippen molar-refractivity contribution in [2.45, 2.75) is 31.7 Å². The Morgan fingerprint density at radius 3 is 2.62 bits per heavy atom. The number of aromatic amines is 1. The van der Waals surface area contributed by atoms with Gasteiger partial charge in [-0.3, -0.25) is 4.79 Å². The van der Waals surface area contributed by atoms with Crippen molar-refractivity contribution in [1.29, 1.82) is 0 Å². The van der Waals surface area contributed by atoms with E-state index >= 15 is 0 Å². The number of anilines is 1. The van der Waals surface area contributed by atoms with Crippen molar-refractivity contribution in [1.82, 2.24) is 20.1 Å². The maximum Gasteiger partial charge on any atom is 0.318 e. The Balaban J connectivity index is 1.24. The number of urea groups is 1. The lowest BCUT2D eigenvalue weighted by atomic mass is 9.91. The van der Waals surface area contributed by atoms with E-state index in [9.17, 15) is 14.0 Å². The molecule has 4 aromatic rings. The van der Waals surface area contributed by atoms with Gasteiger partial charge in [0.1, 0.15) is 11.9 Å². The maximum atomic E-state index is 14.5. The van der Waals surface area contributed by atoms with Crippen molar-refractivity contribution in [3.05, 3.63) is 106 Å². The molecular formula is C36H39ClFN5O2. The molecule has 3 amide bonds. The van der Waals surface area contributed by atoms with E-state index in [4.69, 9.17) is 11.6 Å². The van der Waals surface area contributed by atoms with Crippen molar-refractivity contribution in [3.63, 3.8) is 0 Å². The zero-order valence-electron chi connectivity index (χ0n) is 25.7. The van der Waals surface area contributed by atoms with E-state index in [2.05, 4.69) is 15.2 Å². The highest BCUT2D eigenvalue weighted by atomic mass is 35.5. The van der Waals surface area contributed by atoms with E-state index in [1.807, 2.05) is 79.8 Å². The Labute approximate surface area is 268 Å². The van der Waals surface area contributed by atoms with Crippen LogP contribution in [-0.2, 0) is 17.6 Å². The summed E-state index contributed by atoms with van der Waals surface area (Å²) in [6.07, 6.45) is 6.28. The number of rotatable bonds is 7. The van der Waals surface area contributed by atoms with E-state index in [0.717, 1.165) is 46.3 Å². The molecule has 2 N–H and O–H groups in total. The highest BCUT2D eigenvalue weighted by Gasteiger charge is 2.35. The molecule has 3 heterocycles. The Bertz CT molecular complexity index is 1720. The number of nitrogens with zero attached hydrogens (tertiary/aromatic N) is 3. The first kappa shape index (κ1) is 30.9. The van der Waals surface area contributed by atoms with Crippen LogP contribution in [0.4, 0.5) is 14.9 Å². The van der Waals surface area contributed by atoms with Gasteiger partial charge >= 0.3 is 6.03 Å². The van der Waals surface area contributed by atoms with Gasteiger partial charge in [-0.25, -0.2) is 9.18 Å². The molecule has 45 heavy (non-hydrogen) atoms. The van der Waals surface area contributed by atoms with Crippen LogP contribution in [0.3, 0.4) is 0 Å². The molecule has 3 aromatic carbocycles. The molecule has 1 saturated heterocycles. The van der Waals surface area contributed by atoms with E-state index in [1.165, 1.54) is 6.07 Å². The Hall–Kier alpha value is -4.14. The van der Waals surface area contributed by atoms with Crippen LogP contribution in [-0.4, -0.2) is 73.0 Å². The number of fused-ring (bicyclic) bond motifs is 2. The van der Waals surface area contributed by atoms with Crippen molar-refractivity contribution >= 4 is 46.2 Å². The normalized spacial score (nSPS) is 17.4. The Kier molecular flexibility index (Phi) is 9.24. The molecule has 2 aliphatic rings. The minimum atomic E-state index is -0.784. The molecule has 7 nitrogen and oxygen atoms in total. The zero-order valence-corrected chi connectivity index (χ0v) is 26.5. The fourth-order valence-corrected chi connectivity index (χ4v) is 6.86. The van der Waals surface area contributed by atoms with Gasteiger partial charge < -0.3 is 25.0 Å². The van der Waals surface area contributed by atoms with Crippen LogP contribution >= 0.6 is 11.6 Å². The number of carbonyl (C=O) groups is 2. The van der Waals surface area contributed by atoms with Crippen LogP contribution in [0.5, 0.6) is 0 Å². The number of para-hydroxylation sites is 1. The molecule has 0 spiro atoms. The standard InChI is InChI=1S/C36H39ClFN5O2/c1-41(2)22-25-18-27-19-29(37)11-12-34(27)43(23-25)35(44)33(20-28-21-39-32-10-6-4-8-30(28)32)40-36(45)42-15-13-24(14-16-42)17-26-7-3-5-9-31(26)38/h3-12,17,19,21,25,33,39H,13-16,18,20,22-23H2,1-2H3,(H,40,45)/t25-,33-/m1/s1. The van der Waals surface area contributed by atoms with Gasteiger partial charge in [0, 0.05) is 66.0 Å². The van der Waals surface area contributed by atoms with Gasteiger partial charge in [0.05, 0.1) is 0 Å². The quantitative estimate of drug-likeness (QED) is 0.245. The van der Waals surface area contributed by atoms with Gasteiger partial charge in [0.25, 0.3) is 0 Å². The number of H-pyrrole nitrogens is 1. The van der Waals surface area contributed by atoms with Crippen molar-refractivity contribution < 1.29 is 14.0 Å². The molecule has 1 fully saturated rings. The lowest BCUT2D eigenvalue weighted by molar-refractivity contribution is -0.120. The molecule has 1 aromatic heterocycles. The highest BCUT2D eigenvalue weighted by Crippen LogP contribution is 2.33. The molecule has 6 rings (SSSR count). The molecule has 0 unspecified atom stereocenters. The number of benzene rings is 3. The molecule has 0 aliphatic carbocycles. The predicted molar refractivity (Wildman–Crippen MR) is 179 cm³/mol. The summed E-state index contributed by atoms with van der Waals surface area (Å²) in [5, 5.41) is 4.80. The van der Waals surface area contributed by atoms with Gasteiger partial charge in [-0.15, -0.1) is 0 Å². The number of hydrogen-bond acceptors (Lipinski definition) is 3. The number of piperidine rings is 1. The van der Waals surface area contributed by atoms with Crippen LogP contribution in [0, 0.1) is 11.7 Å². The zero-order chi connectivity index (χ0) is 31.5. The molecule has 2 aliphatic heterocycles. The highest BCUT2D eigenvalue weighted by molar-refractivity contribution is 6.30. The minimum Gasteiger partial charge on any atom is -0.361 e. The van der Waals surface area contributed by atoms with Gasteiger partial charge in [-0.2, -0.15) is 0 Å². The Morgan fingerprint density at radius 2 is 1.84 bits per heavy atom. The summed E-state index contributed by atoms with van der Waals surface area (Å²) in [4.78, 5) is 37.3. The fraction of sp³-hybridized carbons (Fsp3) is 0.333. The molecule has 0 saturated carbocycles. The average Bonchev–Trinajstić information content (AvgIpc) is 3.43. The van der Waals surface area contributed by atoms with Crippen LogP contribution in [0.25, 0.3) is 17.0 Å². The molecule has 9 heteroatoms. The summed E-state index contributed by atoms with van der Waals surface area (Å²) in [6, 6.07) is 19.3. The number of likely N-dealkylation sites (tertiary alicyclic amines) is 1. The van der Waals surface area contributed by atoms with Gasteiger partial charge in [0.15, 0.2) is 0 Å². The maximum absolute atomic E-state index is 14.5. The van der Waals surface area contributed by atoms with Crippen molar-refractivity contribution in [2.24, 2.45) is 5.92 Å². The van der Waals surface area contributed by atoms with Gasteiger partial charge in [-0.05, 0) is 80.7 Å². The molecular weight excluding hydrogens is 589 g/mol. The van der Waals surface area contributed by atoms with Gasteiger partial charge in [-0.1, -0.05) is 59.6 Å². The topological polar surface area (TPSA) is 71.7 Å². The van der Waals surface area contributed by atoms with Crippen LogP contribution in [0.1, 0.15) is 29.5 Å². The predicted octanol–water partition coefficient (Wildman–Crippen LogP) is 6.53.